The molecule has 0 bridgehead atoms. The summed E-state index contributed by atoms with van der Waals surface area (Å²) in [5, 5.41) is 1.11. The molecule has 5 heteroatoms. The number of nitrogens with two attached hydrogens (primary N) is 1. The Morgan fingerprint density at radius 2 is 2.10 bits per heavy atom. The van der Waals surface area contributed by atoms with Crippen LogP contribution in [0.25, 0.3) is 10.2 Å². The number of nitrogens with zero attached hydrogens (tertiary/aromatic N) is 3. The molecule has 3 aromatic rings. The first kappa shape index (κ1) is 12.9. The van der Waals surface area contributed by atoms with E-state index in [2.05, 4.69) is 33.9 Å². The van der Waals surface area contributed by atoms with Crippen molar-refractivity contribution in [2.45, 2.75) is 13.5 Å². The molecule has 0 spiro atoms. The van der Waals surface area contributed by atoms with Crippen LogP contribution in [0, 0.1) is 6.92 Å². The molecule has 2 aromatic heterocycles. The maximum atomic E-state index is 5.82. The smallest absolute Gasteiger partial charge is 0.140 e. The summed E-state index contributed by atoms with van der Waals surface area (Å²) in [4.78, 5) is 13.2. The van der Waals surface area contributed by atoms with Crippen molar-refractivity contribution in [1.82, 2.24) is 9.97 Å². The maximum absolute atomic E-state index is 5.82. The first-order valence-electron chi connectivity index (χ1n) is 6.40. The summed E-state index contributed by atoms with van der Waals surface area (Å²) in [6.07, 6.45) is 1.63. The zero-order chi connectivity index (χ0) is 14.1. The molecule has 0 saturated carbocycles. The zero-order valence-corrected chi connectivity index (χ0v) is 12.3. The molecular weight excluding hydrogens is 268 g/mol. The van der Waals surface area contributed by atoms with Crippen molar-refractivity contribution in [2.75, 3.05) is 17.7 Å². The van der Waals surface area contributed by atoms with Crippen LogP contribution in [-0.4, -0.2) is 17.0 Å². The molecule has 0 amide bonds. The molecule has 2 N–H and O–H groups in total. The Morgan fingerprint density at radius 3 is 2.90 bits per heavy atom. The Hall–Kier alpha value is -2.14. The molecule has 0 aliphatic heterocycles. The Morgan fingerprint density at radius 1 is 1.25 bits per heavy atom. The minimum Gasteiger partial charge on any atom is -0.399 e. The number of aromatic nitrogens is 2. The fourth-order valence-corrected chi connectivity index (χ4v) is 3.15. The third-order valence-electron chi connectivity index (χ3n) is 3.16. The number of hydrogen-bond acceptors (Lipinski definition) is 5. The third-order valence-corrected chi connectivity index (χ3v) is 4.12. The van der Waals surface area contributed by atoms with Crippen molar-refractivity contribution in [2.24, 2.45) is 0 Å². The van der Waals surface area contributed by atoms with Crippen molar-refractivity contribution in [3.8, 4) is 0 Å². The second-order valence-electron chi connectivity index (χ2n) is 4.87. The fourth-order valence-electron chi connectivity index (χ4n) is 2.31. The van der Waals surface area contributed by atoms with Crippen molar-refractivity contribution in [3.05, 3.63) is 47.1 Å². The second kappa shape index (κ2) is 5.09. The molecule has 2 heterocycles. The molecule has 3 rings (SSSR count). The second-order valence-corrected chi connectivity index (χ2v) is 6.11. The van der Waals surface area contributed by atoms with E-state index in [9.17, 15) is 0 Å². The van der Waals surface area contributed by atoms with Gasteiger partial charge in [-0.3, -0.25) is 0 Å². The SMILES string of the molecule is Cc1cc2c(N(C)Cc3cccc(N)c3)ncnc2s1. The summed E-state index contributed by atoms with van der Waals surface area (Å²) in [5.41, 5.74) is 7.78. The Balaban J connectivity index is 1.94. The van der Waals surface area contributed by atoms with Crippen molar-refractivity contribution in [1.29, 1.82) is 0 Å². The summed E-state index contributed by atoms with van der Waals surface area (Å²) in [7, 11) is 2.04. The molecule has 0 atom stereocenters. The number of anilines is 2. The minimum absolute atomic E-state index is 0.770. The Labute approximate surface area is 121 Å². The van der Waals surface area contributed by atoms with E-state index < -0.39 is 0 Å². The predicted octanol–water partition coefficient (Wildman–Crippen LogP) is 3.22. The topological polar surface area (TPSA) is 55.0 Å². The van der Waals surface area contributed by atoms with Crippen LogP contribution in [0.2, 0.25) is 0 Å². The lowest BCUT2D eigenvalue weighted by atomic mass is 10.2. The zero-order valence-electron chi connectivity index (χ0n) is 11.5. The Kier molecular flexibility index (Phi) is 3.28. The van der Waals surface area contributed by atoms with Gasteiger partial charge in [0.2, 0.25) is 0 Å². The van der Waals surface area contributed by atoms with Gasteiger partial charge < -0.3 is 10.6 Å². The van der Waals surface area contributed by atoms with Gasteiger partial charge in [-0.25, -0.2) is 9.97 Å². The van der Waals surface area contributed by atoms with Gasteiger partial charge in [0, 0.05) is 24.2 Å². The van der Waals surface area contributed by atoms with E-state index in [0.29, 0.717) is 0 Å². The molecule has 0 unspecified atom stereocenters. The molecule has 0 saturated heterocycles. The Bertz CT molecular complexity index is 750. The number of hydrogen-bond donors (Lipinski definition) is 1. The van der Waals surface area contributed by atoms with E-state index in [1.165, 1.54) is 10.4 Å². The normalized spacial score (nSPS) is 10.9. The first-order chi connectivity index (χ1) is 9.63. The lowest BCUT2D eigenvalue weighted by Crippen LogP contribution is -2.18. The highest BCUT2D eigenvalue weighted by Crippen LogP contribution is 2.29. The van der Waals surface area contributed by atoms with E-state index >= 15 is 0 Å². The number of rotatable bonds is 3. The highest BCUT2D eigenvalue weighted by molar-refractivity contribution is 7.18. The van der Waals surface area contributed by atoms with Crippen molar-refractivity contribution in [3.63, 3.8) is 0 Å². The van der Waals surface area contributed by atoms with Gasteiger partial charge in [0.05, 0.1) is 5.39 Å². The fraction of sp³-hybridized carbons (Fsp3) is 0.200. The molecule has 0 radical (unpaired) electrons. The van der Waals surface area contributed by atoms with Gasteiger partial charge in [0.15, 0.2) is 0 Å². The number of fused-ring (bicyclic) bond motifs is 1. The van der Waals surface area contributed by atoms with Crippen LogP contribution < -0.4 is 10.6 Å². The van der Waals surface area contributed by atoms with Crippen LogP contribution in [-0.2, 0) is 6.54 Å². The largest absolute Gasteiger partial charge is 0.399 e. The molecular formula is C15H16N4S. The van der Waals surface area contributed by atoms with Crippen molar-refractivity contribution < 1.29 is 0 Å². The summed E-state index contributed by atoms with van der Waals surface area (Å²) < 4.78 is 0. The minimum atomic E-state index is 0.770. The molecule has 0 aliphatic rings. The van der Waals surface area contributed by atoms with Gasteiger partial charge in [-0.05, 0) is 30.7 Å². The molecule has 0 fully saturated rings. The van der Waals surface area contributed by atoms with Crippen LogP contribution in [0.3, 0.4) is 0 Å². The van der Waals surface area contributed by atoms with E-state index in [-0.39, 0.29) is 0 Å². The number of thiophene rings is 1. The number of nitrogen functional groups attached to an aromatic ring is 1. The summed E-state index contributed by atoms with van der Waals surface area (Å²) in [6.45, 7) is 2.86. The van der Waals surface area contributed by atoms with E-state index in [1.54, 1.807) is 17.7 Å². The highest BCUT2D eigenvalue weighted by atomic mass is 32.1. The van der Waals surface area contributed by atoms with Crippen LogP contribution in [0.4, 0.5) is 11.5 Å². The van der Waals surface area contributed by atoms with Crippen LogP contribution in [0.1, 0.15) is 10.4 Å². The van der Waals surface area contributed by atoms with Crippen molar-refractivity contribution >= 4 is 33.1 Å². The van der Waals surface area contributed by atoms with E-state index in [0.717, 1.165) is 28.3 Å². The average Bonchev–Trinajstić information content (AvgIpc) is 2.78. The summed E-state index contributed by atoms with van der Waals surface area (Å²) in [6, 6.07) is 10.1. The predicted molar refractivity (Wildman–Crippen MR) is 85.1 cm³/mol. The van der Waals surface area contributed by atoms with Crippen LogP contribution in [0.5, 0.6) is 0 Å². The van der Waals surface area contributed by atoms with Crippen LogP contribution >= 0.6 is 11.3 Å². The monoisotopic (exact) mass is 284 g/mol. The lowest BCUT2D eigenvalue weighted by molar-refractivity contribution is 0.901. The molecule has 4 nitrogen and oxygen atoms in total. The van der Waals surface area contributed by atoms with Gasteiger partial charge in [-0.15, -0.1) is 11.3 Å². The van der Waals surface area contributed by atoms with E-state index in [4.69, 9.17) is 5.73 Å². The maximum Gasteiger partial charge on any atom is 0.140 e. The molecule has 1 aromatic carbocycles. The van der Waals surface area contributed by atoms with Gasteiger partial charge >= 0.3 is 0 Å². The lowest BCUT2D eigenvalue weighted by Gasteiger charge is -2.19. The van der Waals surface area contributed by atoms with Gasteiger partial charge in [-0.2, -0.15) is 0 Å². The number of benzene rings is 1. The van der Waals surface area contributed by atoms with Crippen LogP contribution in [0.15, 0.2) is 36.7 Å². The third kappa shape index (κ3) is 2.44. The summed E-state index contributed by atoms with van der Waals surface area (Å²) in [5.74, 6) is 0.960. The van der Waals surface area contributed by atoms with Gasteiger partial charge in [0.25, 0.3) is 0 Å². The molecule has 102 valence electrons. The molecule has 0 aliphatic carbocycles. The highest BCUT2D eigenvalue weighted by Gasteiger charge is 2.11. The quantitative estimate of drug-likeness (QED) is 0.750. The van der Waals surface area contributed by atoms with Gasteiger partial charge in [0.1, 0.15) is 17.0 Å². The molecule has 20 heavy (non-hydrogen) atoms. The first-order valence-corrected chi connectivity index (χ1v) is 7.22. The average molecular weight is 284 g/mol. The summed E-state index contributed by atoms with van der Waals surface area (Å²) >= 11 is 1.69. The van der Waals surface area contributed by atoms with Gasteiger partial charge in [-0.1, -0.05) is 12.1 Å². The standard InChI is InChI=1S/C15H16N4S/c1-10-6-13-14(17-9-18-15(13)20-10)19(2)8-11-4-3-5-12(16)7-11/h3-7,9H,8,16H2,1-2H3. The number of aryl methyl sites for hydroxylation is 1. The van der Waals surface area contributed by atoms with E-state index in [1.807, 2.05) is 25.2 Å².